The minimum absolute atomic E-state index is 0.207. The lowest BCUT2D eigenvalue weighted by Gasteiger charge is -2.35. The van der Waals surface area contributed by atoms with Crippen molar-refractivity contribution in [2.24, 2.45) is 0 Å². The molecule has 1 amide bonds. The van der Waals surface area contributed by atoms with Crippen LogP contribution in [0.3, 0.4) is 0 Å². The highest BCUT2D eigenvalue weighted by Crippen LogP contribution is 2.24. The molecule has 0 saturated carbocycles. The minimum atomic E-state index is -0.297. The summed E-state index contributed by atoms with van der Waals surface area (Å²) in [5, 5.41) is 3.07. The van der Waals surface area contributed by atoms with Crippen molar-refractivity contribution in [2.75, 3.05) is 42.9 Å². The maximum Gasteiger partial charge on any atom is 0.291 e. The van der Waals surface area contributed by atoms with E-state index in [4.69, 9.17) is 16.0 Å². The van der Waals surface area contributed by atoms with Crippen LogP contribution in [-0.2, 0) is 0 Å². The maximum absolute atomic E-state index is 12.2. The number of benzene rings is 1. The Morgan fingerprint density at radius 3 is 2.54 bits per heavy atom. The van der Waals surface area contributed by atoms with E-state index in [0.29, 0.717) is 0 Å². The largest absolute Gasteiger partial charge is 0.440 e. The highest BCUT2D eigenvalue weighted by molar-refractivity contribution is 6.29. The zero-order valence-corrected chi connectivity index (χ0v) is 14.8. The molecule has 6 heteroatoms. The van der Waals surface area contributed by atoms with Gasteiger partial charge in [0.25, 0.3) is 5.91 Å². The molecule has 1 saturated heterocycles. The van der Waals surface area contributed by atoms with Crippen molar-refractivity contribution < 1.29 is 9.21 Å². The highest BCUT2D eigenvalue weighted by atomic mass is 35.5. The van der Waals surface area contributed by atoms with Gasteiger partial charge in [0.05, 0.1) is 0 Å². The molecular formula is C18H22ClN3O2. The number of anilines is 2. The number of halogens is 1. The number of carbonyl (C=O) groups is 1. The van der Waals surface area contributed by atoms with E-state index in [0.717, 1.165) is 44.0 Å². The van der Waals surface area contributed by atoms with Gasteiger partial charge in [-0.3, -0.25) is 4.79 Å². The van der Waals surface area contributed by atoms with E-state index in [2.05, 4.69) is 34.2 Å². The van der Waals surface area contributed by atoms with Crippen molar-refractivity contribution in [2.45, 2.75) is 13.8 Å². The second-order valence-electron chi connectivity index (χ2n) is 5.98. The molecule has 1 aliphatic heterocycles. The summed E-state index contributed by atoms with van der Waals surface area (Å²) < 4.78 is 5.14. The number of hydrogen-bond donors (Lipinski definition) is 1. The molecule has 1 aromatic heterocycles. The van der Waals surface area contributed by atoms with Crippen molar-refractivity contribution >= 4 is 28.9 Å². The van der Waals surface area contributed by atoms with E-state index in [9.17, 15) is 4.79 Å². The average molecular weight is 348 g/mol. The molecule has 0 radical (unpaired) electrons. The van der Waals surface area contributed by atoms with E-state index in [1.54, 1.807) is 12.1 Å². The van der Waals surface area contributed by atoms with Gasteiger partial charge in [-0.15, -0.1) is 0 Å². The summed E-state index contributed by atoms with van der Waals surface area (Å²) in [6, 6.07) is 9.24. The molecule has 24 heavy (non-hydrogen) atoms. The van der Waals surface area contributed by atoms with Gasteiger partial charge >= 0.3 is 0 Å². The Morgan fingerprint density at radius 2 is 1.96 bits per heavy atom. The zero-order chi connectivity index (χ0) is 17.1. The van der Waals surface area contributed by atoms with Crippen molar-refractivity contribution in [3.8, 4) is 0 Å². The monoisotopic (exact) mass is 347 g/mol. The Balaban J connectivity index is 1.67. The van der Waals surface area contributed by atoms with Crippen molar-refractivity contribution in [1.82, 2.24) is 4.90 Å². The first-order chi connectivity index (χ1) is 11.6. The van der Waals surface area contributed by atoms with Crippen LogP contribution in [0.1, 0.15) is 23.0 Å². The van der Waals surface area contributed by atoms with E-state index in [1.807, 2.05) is 13.0 Å². The standard InChI is InChI=1S/C18H22ClN3O2/c1-3-21-8-10-22(11-9-21)14-4-5-15(13(2)12-14)20-18(23)16-6-7-17(19)24-16/h4-7,12H,3,8-11H2,1-2H3,(H,20,23). The van der Waals surface area contributed by atoms with Gasteiger partial charge in [-0.1, -0.05) is 6.92 Å². The van der Waals surface area contributed by atoms with Gasteiger partial charge in [-0.05, 0) is 61.0 Å². The van der Waals surface area contributed by atoms with Crippen LogP contribution >= 0.6 is 11.6 Å². The quantitative estimate of drug-likeness (QED) is 0.917. The van der Waals surface area contributed by atoms with Crippen LogP contribution in [0.4, 0.5) is 11.4 Å². The number of aryl methyl sites for hydroxylation is 1. The summed E-state index contributed by atoms with van der Waals surface area (Å²) in [6.45, 7) is 9.54. The van der Waals surface area contributed by atoms with Gasteiger partial charge in [-0.25, -0.2) is 0 Å². The third-order valence-corrected chi connectivity index (χ3v) is 4.64. The zero-order valence-electron chi connectivity index (χ0n) is 14.0. The summed E-state index contributed by atoms with van der Waals surface area (Å²) >= 11 is 5.71. The summed E-state index contributed by atoms with van der Waals surface area (Å²) in [4.78, 5) is 17.0. The average Bonchev–Trinajstić information content (AvgIpc) is 3.03. The van der Waals surface area contributed by atoms with Crippen LogP contribution in [0.25, 0.3) is 0 Å². The predicted octanol–water partition coefficient (Wildman–Crippen LogP) is 3.64. The van der Waals surface area contributed by atoms with Crippen LogP contribution in [0.15, 0.2) is 34.7 Å². The third-order valence-electron chi connectivity index (χ3n) is 4.44. The van der Waals surface area contributed by atoms with E-state index < -0.39 is 0 Å². The fourth-order valence-corrected chi connectivity index (χ4v) is 3.07. The Hall–Kier alpha value is -1.98. The summed E-state index contributed by atoms with van der Waals surface area (Å²) in [5.74, 6) is -0.0894. The minimum Gasteiger partial charge on any atom is -0.440 e. The van der Waals surface area contributed by atoms with Crippen LogP contribution in [0, 0.1) is 6.92 Å². The molecule has 1 aliphatic rings. The molecule has 2 heterocycles. The first kappa shape index (κ1) is 16.9. The Labute approximate surface area is 147 Å². The molecule has 2 aromatic rings. The van der Waals surface area contributed by atoms with Gasteiger partial charge in [0, 0.05) is 37.6 Å². The molecule has 1 aromatic carbocycles. The number of furan rings is 1. The first-order valence-corrected chi connectivity index (χ1v) is 8.59. The normalized spacial score (nSPS) is 15.5. The Bertz CT molecular complexity index is 721. The van der Waals surface area contributed by atoms with Gasteiger partial charge in [0.2, 0.25) is 0 Å². The number of nitrogens with zero attached hydrogens (tertiary/aromatic N) is 2. The van der Waals surface area contributed by atoms with Crippen molar-refractivity contribution in [3.63, 3.8) is 0 Å². The smallest absolute Gasteiger partial charge is 0.291 e. The topological polar surface area (TPSA) is 48.7 Å². The Kier molecular flexibility index (Phi) is 5.11. The van der Waals surface area contributed by atoms with Gasteiger partial charge in [-0.2, -0.15) is 0 Å². The third kappa shape index (κ3) is 3.74. The predicted molar refractivity (Wildman–Crippen MR) is 97.2 cm³/mol. The van der Waals surface area contributed by atoms with Crippen LogP contribution in [0.5, 0.6) is 0 Å². The van der Waals surface area contributed by atoms with E-state index >= 15 is 0 Å². The number of piperazine rings is 1. The van der Waals surface area contributed by atoms with Crippen molar-refractivity contribution in [3.05, 3.63) is 46.9 Å². The fourth-order valence-electron chi connectivity index (χ4n) is 2.93. The highest BCUT2D eigenvalue weighted by Gasteiger charge is 2.17. The lowest BCUT2D eigenvalue weighted by molar-refractivity contribution is 0.0996. The second-order valence-corrected chi connectivity index (χ2v) is 6.35. The SMILES string of the molecule is CCN1CCN(c2ccc(NC(=O)c3ccc(Cl)o3)c(C)c2)CC1. The van der Waals surface area contributed by atoms with Gasteiger partial charge in [0.15, 0.2) is 11.0 Å². The number of likely N-dealkylation sites (N-methyl/N-ethyl adjacent to an activating group) is 1. The number of hydrogen-bond acceptors (Lipinski definition) is 4. The molecule has 0 unspecified atom stereocenters. The lowest BCUT2D eigenvalue weighted by Crippen LogP contribution is -2.46. The fraction of sp³-hybridized carbons (Fsp3) is 0.389. The number of nitrogens with one attached hydrogen (secondary N) is 1. The molecule has 0 spiro atoms. The summed E-state index contributed by atoms with van der Waals surface area (Å²) in [7, 11) is 0. The molecule has 5 nitrogen and oxygen atoms in total. The molecule has 128 valence electrons. The molecule has 1 fully saturated rings. The molecule has 1 N–H and O–H groups in total. The van der Waals surface area contributed by atoms with Crippen LogP contribution in [-0.4, -0.2) is 43.5 Å². The summed E-state index contributed by atoms with van der Waals surface area (Å²) in [5.41, 5.74) is 3.00. The number of amides is 1. The van der Waals surface area contributed by atoms with Crippen LogP contribution in [0.2, 0.25) is 5.22 Å². The second kappa shape index (κ2) is 7.28. The van der Waals surface area contributed by atoms with E-state index in [1.165, 1.54) is 5.69 Å². The molecule has 0 atom stereocenters. The molecule has 3 rings (SSSR count). The summed E-state index contributed by atoms with van der Waals surface area (Å²) in [6.07, 6.45) is 0. The molecular weight excluding hydrogens is 326 g/mol. The number of carbonyl (C=O) groups excluding carboxylic acids is 1. The molecule has 0 aliphatic carbocycles. The van der Waals surface area contributed by atoms with Crippen LogP contribution < -0.4 is 10.2 Å². The number of rotatable bonds is 4. The lowest BCUT2D eigenvalue weighted by atomic mass is 10.1. The van der Waals surface area contributed by atoms with E-state index in [-0.39, 0.29) is 16.9 Å². The molecule has 0 bridgehead atoms. The van der Waals surface area contributed by atoms with Gasteiger partial charge < -0.3 is 19.5 Å². The Morgan fingerprint density at radius 1 is 1.21 bits per heavy atom. The van der Waals surface area contributed by atoms with Crippen molar-refractivity contribution in [1.29, 1.82) is 0 Å². The first-order valence-electron chi connectivity index (χ1n) is 8.21. The maximum atomic E-state index is 12.2. The van der Waals surface area contributed by atoms with Gasteiger partial charge in [0.1, 0.15) is 0 Å².